The second-order valence-electron chi connectivity index (χ2n) is 3.68. The molecule has 6 heteroatoms. The van der Waals surface area contributed by atoms with Gasteiger partial charge in [0.15, 0.2) is 0 Å². The van der Waals surface area contributed by atoms with E-state index >= 15 is 0 Å². The average Bonchev–Trinajstić information content (AvgIpc) is 2.15. The van der Waals surface area contributed by atoms with Crippen LogP contribution in [0.5, 0.6) is 0 Å². The van der Waals surface area contributed by atoms with Crippen LogP contribution >= 0.6 is 0 Å². The molecule has 0 saturated heterocycles. The largest absolute Gasteiger partial charge is 0.387 e. The van der Waals surface area contributed by atoms with Gasteiger partial charge in [0.2, 0.25) is 10.0 Å². The van der Waals surface area contributed by atoms with Gasteiger partial charge in [-0.2, -0.15) is 0 Å². The second-order valence-corrected chi connectivity index (χ2v) is 5.46. The molecule has 0 fully saturated rings. The molecule has 90 valence electrons. The predicted octanol–water partition coefficient (Wildman–Crippen LogP) is 0.797. The van der Waals surface area contributed by atoms with Crippen molar-refractivity contribution in [2.75, 3.05) is 6.26 Å². The molecule has 2 atom stereocenters. The smallest absolute Gasteiger partial charge is 0.209 e. The number of hydrogen-bond acceptors (Lipinski definition) is 3. The highest BCUT2D eigenvalue weighted by molar-refractivity contribution is 7.88. The van der Waals surface area contributed by atoms with Crippen molar-refractivity contribution in [1.29, 1.82) is 0 Å². The van der Waals surface area contributed by atoms with Crippen LogP contribution in [0.3, 0.4) is 0 Å². The highest BCUT2D eigenvalue weighted by atomic mass is 32.2. The first-order chi connectivity index (χ1) is 7.29. The van der Waals surface area contributed by atoms with Crippen molar-refractivity contribution in [3.63, 3.8) is 0 Å². The quantitative estimate of drug-likeness (QED) is 0.827. The van der Waals surface area contributed by atoms with E-state index in [4.69, 9.17) is 0 Å². The number of aliphatic hydroxyl groups is 1. The summed E-state index contributed by atoms with van der Waals surface area (Å²) < 4.78 is 36.8. The molecular weight excluding hydrogens is 233 g/mol. The highest BCUT2D eigenvalue weighted by Gasteiger charge is 2.19. The number of rotatable bonds is 4. The standard InChI is InChI=1S/C10H14FNO3S/c1-7(12-16(2,14)15)10(13)8-3-5-9(11)6-4-8/h3-7,10,12-13H,1-2H3. The zero-order valence-corrected chi connectivity index (χ0v) is 9.83. The Morgan fingerprint density at radius 3 is 2.25 bits per heavy atom. The number of benzene rings is 1. The van der Waals surface area contributed by atoms with Crippen molar-refractivity contribution >= 4 is 10.0 Å². The Morgan fingerprint density at radius 1 is 1.31 bits per heavy atom. The number of nitrogens with one attached hydrogen (secondary N) is 1. The van der Waals surface area contributed by atoms with E-state index in [1.807, 2.05) is 0 Å². The summed E-state index contributed by atoms with van der Waals surface area (Å²) in [6, 6.07) is 4.60. The van der Waals surface area contributed by atoms with Crippen LogP contribution in [0.15, 0.2) is 24.3 Å². The number of halogens is 1. The molecule has 0 heterocycles. The molecule has 1 rings (SSSR count). The first-order valence-corrected chi connectivity index (χ1v) is 6.59. The lowest BCUT2D eigenvalue weighted by atomic mass is 10.0. The molecule has 1 aromatic carbocycles. The summed E-state index contributed by atoms with van der Waals surface area (Å²) in [4.78, 5) is 0. The van der Waals surface area contributed by atoms with E-state index in [2.05, 4.69) is 4.72 Å². The minimum Gasteiger partial charge on any atom is -0.387 e. The van der Waals surface area contributed by atoms with Crippen molar-refractivity contribution in [1.82, 2.24) is 4.72 Å². The molecule has 2 unspecified atom stereocenters. The Labute approximate surface area is 94.2 Å². The first-order valence-electron chi connectivity index (χ1n) is 4.70. The number of aliphatic hydroxyl groups excluding tert-OH is 1. The molecule has 0 saturated carbocycles. The lowest BCUT2D eigenvalue weighted by molar-refractivity contribution is 0.146. The Bertz CT molecular complexity index is 444. The van der Waals surface area contributed by atoms with Gasteiger partial charge in [0.1, 0.15) is 5.82 Å². The van der Waals surface area contributed by atoms with Crippen molar-refractivity contribution in [3.05, 3.63) is 35.6 Å². The van der Waals surface area contributed by atoms with Gasteiger partial charge in [-0.25, -0.2) is 17.5 Å². The Kier molecular flexibility index (Phi) is 4.01. The van der Waals surface area contributed by atoms with Crippen LogP contribution in [-0.4, -0.2) is 25.8 Å². The van der Waals surface area contributed by atoms with Crippen LogP contribution in [0.2, 0.25) is 0 Å². The second kappa shape index (κ2) is 4.90. The van der Waals surface area contributed by atoms with Crippen LogP contribution in [0, 0.1) is 5.82 Å². The summed E-state index contributed by atoms with van der Waals surface area (Å²) in [5.74, 6) is -0.403. The van der Waals surface area contributed by atoms with E-state index in [9.17, 15) is 17.9 Å². The SMILES string of the molecule is CC(NS(C)(=O)=O)C(O)c1ccc(F)cc1. The van der Waals surface area contributed by atoms with Gasteiger partial charge in [-0.3, -0.25) is 0 Å². The fourth-order valence-corrected chi connectivity index (χ4v) is 2.16. The molecule has 0 aliphatic carbocycles. The molecule has 0 aliphatic heterocycles. The number of hydrogen-bond donors (Lipinski definition) is 2. The Morgan fingerprint density at radius 2 is 1.81 bits per heavy atom. The molecule has 16 heavy (non-hydrogen) atoms. The molecule has 0 radical (unpaired) electrons. The van der Waals surface area contributed by atoms with E-state index < -0.39 is 28.0 Å². The third kappa shape index (κ3) is 3.88. The molecule has 0 spiro atoms. The van der Waals surface area contributed by atoms with Gasteiger partial charge in [0.05, 0.1) is 12.4 Å². The van der Waals surface area contributed by atoms with Gasteiger partial charge in [-0.05, 0) is 24.6 Å². The average molecular weight is 247 g/mol. The molecule has 1 aromatic rings. The minimum atomic E-state index is -3.37. The van der Waals surface area contributed by atoms with Gasteiger partial charge in [0, 0.05) is 6.04 Å². The third-order valence-electron chi connectivity index (χ3n) is 2.09. The zero-order chi connectivity index (χ0) is 12.3. The van der Waals surface area contributed by atoms with E-state index in [-0.39, 0.29) is 0 Å². The summed E-state index contributed by atoms with van der Waals surface area (Å²) in [5.41, 5.74) is 0.463. The van der Waals surface area contributed by atoms with Gasteiger partial charge in [0.25, 0.3) is 0 Å². The lowest BCUT2D eigenvalue weighted by Gasteiger charge is -2.19. The topological polar surface area (TPSA) is 66.4 Å². The molecule has 0 amide bonds. The fourth-order valence-electron chi connectivity index (χ4n) is 1.35. The Hall–Kier alpha value is -0.980. The predicted molar refractivity (Wildman–Crippen MR) is 58.8 cm³/mol. The molecule has 0 aliphatic rings. The third-order valence-corrected chi connectivity index (χ3v) is 2.89. The normalized spacial score (nSPS) is 15.8. The van der Waals surface area contributed by atoms with Gasteiger partial charge in [-0.1, -0.05) is 12.1 Å². The van der Waals surface area contributed by atoms with E-state index in [0.717, 1.165) is 6.26 Å². The molecule has 4 nitrogen and oxygen atoms in total. The van der Waals surface area contributed by atoms with Crippen LogP contribution < -0.4 is 4.72 Å². The van der Waals surface area contributed by atoms with Crippen molar-refractivity contribution in [2.24, 2.45) is 0 Å². The van der Waals surface area contributed by atoms with Gasteiger partial charge >= 0.3 is 0 Å². The molecule has 0 aromatic heterocycles. The van der Waals surface area contributed by atoms with Crippen LogP contribution in [0.4, 0.5) is 4.39 Å². The fraction of sp³-hybridized carbons (Fsp3) is 0.400. The summed E-state index contributed by atoms with van der Waals surface area (Å²) in [7, 11) is -3.37. The first kappa shape index (κ1) is 13.1. The maximum atomic E-state index is 12.6. The van der Waals surface area contributed by atoms with Crippen LogP contribution in [0.1, 0.15) is 18.6 Å². The molecule has 2 N–H and O–H groups in total. The summed E-state index contributed by atoms with van der Waals surface area (Å²) in [6.07, 6.45) is 0.0104. The summed E-state index contributed by atoms with van der Waals surface area (Å²) in [5, 5.41) is 9.79. The monoisotopic (exact) mass is 247 g/mol. The van der Waals surface area contributed by atoms with Crippen LogP contribution in [0.25, 0.3) is 0 Å². The lowest BCUT2D eigenvalue weighted by Crippen LogP contribution is -2.36. The minimum absolute atomic E-state index is 0.403. The maximum absolute atomic E-state index is 12.6. The van der Waals surface area contributed by atoms with E-state index in [1.165, 1.54) is 31.2 Å². The van der Waals surface area contributed by atoms with Crippen molar-refractivity contribution in [2.45, 2.75) is 19.1 Å². The number of sulfonamides is 1. The van der Waals surface area contributed by atoms with Gasteiger partial charge in [-0.15, -0.1) is 0 Å². The van der Waals surface area contributed by atoms with E-state index in [0.29, 0.717) is 5.56 Å². The molecular formula is C10H14FNO3S. The van der Waals surface area contributed by atoms with Crippen LogP contribution in [-0.2, 0) is 10.0 Å². The molecule has 0 bridgehead atoms. The zero-order valence-electron chi connectivity index (χ0n) is 9.01. The van der Waals surface area contributed by atoms with Crippen molar-refractivity contribution < 1.29 is 17.9 Å². The summed E-state index contributed by atoms with van der Waals surface area (Å²) >= 11 is 0. The Balaban J connectivity index is 2.78. The van der Waals surface area contributed by atoms with Gasteiger partial charge < -0.3 is 5.11 Å². The highest BCUT2D eigenvalue weighted by Crippen LogP contribution is 2.17. The summed E-state index contributed by atoms with van der Waals surface area (Å²) in [6.45, 7) is 1.54. The maximum Gasteiger partial charge on any atom is 0.209 e. The van der Waals surface area contributed by atoms with E-state index in [1.54, 1.807) is 0 Å². The van der Waals surface area contributed by atoms with Crippen molar-refractivity contribution in [3.8, 4) is 0 Å².